The largest absolute Gasteiger partial charge is 0.364 e. The Morgan fingerprint density at radius 3 is 2.97 bits per heavy atom. The van der Waals surface area contributed by atoms with Crippen molar-refractivity contribution >= 4 is 17.5 Å². The maximum absolute atomic E-state index is 13.9. The predicted molar refractivity (Wildman–Crippen MR) is 109 cm³/mol. The van der Waals surface area contributed by atoms with Gasteiger partial charge in [-0.2, -0.15) is 0 Å². The average molecular weight is 421 g/mol. The van der Waals surface area contributed by atoms with Gasteiger partial charge in [0.15, 0.2) is 0 Å². The molecule has 10 nitrogen and oxygen atoms in total. The molecule has 1 atom stereocenters. The van der Waals surface area contributed by atoms with Crippen LogP contribution in [0.15, 0.2) is 40.0 Å². The molecule has 1 amide bonds. The molecule has 2 fully saturated rings. The topological polar surface area (TPSA) is 113 Å². The lowest BCUT2D eigenvalue weighted by Crippen LogP contribution is -2.53. The van der Waals surface area contributed by atoms with Crippen LogP contribution >= 0.6 is 0 Å². The minimum absolute atomic E-state index is 0.0256. The van der Waals surface area contributed by atoms with Crippen LogP contribution in [0.1, 0.15) is 36.2 Å². The van der Waals surface area contributed by atoms with Crippen LogP contribution in [0, 0.1) is 5.92 Å². The molecule has 1 N–H and O–H groups in total. The number of anilines is 2. The zero-order valence-electron chi connectivity index (χ0n) is 17.0. The summed E-state index contributed by atoms with van der Waals surface area (Å²) in [4.78, 5) is 27.2. The zero-order chi connectivity index (χ0) is 20.8. The lowest BCUT2D eigenvalue weighted by molar-refractivity contribution is -0.124. The van der Waals surface area contributed by atoms with Crippen LogP contribution in [0.3, 0.4) is 0 Å². The molecule has 0 radical (unpaired) electrons. The van der Waals surface area contributed by atoms with Crippen molar-refractivity contribution in [1.29, 1.82) is 0 Å². The van der Waals surface area contributed by atoms with Crippen LogP contribution in [0.5, 0.6) is 0 Å². The number of amides is 1. The van der Waals surface area contributed by atoms with Crippen molar-refractivity contribution in [3.8, 4) is 0 Å². The van der Waals surface area contributed by atoms with E-state index in [1.165, 1.54) is 19.1 Å². The van der Waals surface area contributed by atoms with E-state index in [9.17, 15) is 4.79 Å². The van der Waals surface area contributed by atoms with E-state index < -0.39 is 5.41 Å². The van der Waals surface area contributed by atoms with E-state index in [0.29, 0.717) is 43.6 Å². The Morgan fingerprint density at radius 1 is 1.26 bits per heavy atom. The van der Waals surface area contributed by atoms with Crippen molar-refractivity contribution in [2.24, 2.45) is 5.92 Å². The van der Waals surface area contributed by atoms with Crippen molar-refractivity contribution in [2.45, 2.75) is 37.8 Å². The van der Waals surface area contributed by atoms with Crippen LogP contribution in [0.4, 0.5) is 11.6 Å². The first-order valence-corrected chi connectivity index (χ1v) is 10.6. The van der Waals surface area contributed by atoms with Gasteiger partial charge in [-0.3, -0.25) is 9.69 Å². The lowest BCUT2D eigenvalue weighted by Gasteiger charge is -2.39. The third kappa shape index (κ3) is 3.27. The van der Waals surface area contributed by atoms with Gasteiger partial charge >= 0.3 is 0 Å². The minimum Gasteiger partial charge on any atom is -0.364 e. The van der Waals surface area contributed by atoms with Gasteiger partial charge < -0.3 is 19.3 Å². The number of carbonyl (C=O) groups is 1. The van der Waals surface area contributed by atoms with Gasteiger partial charge in [0.25, 0.3) is 0 Å². The van der Waals surface area contributed by atoms with E-state index >= 15 is 0 Å². The fraction of sp³-hybridized carbons (Fsp3) is 0.476. The van der Waals surface area contributed by atoms with E-state index in [0.717, 1.165) is 30.0 Å². The smallest absolute Gasteiger partial charge is 0.241 e. The first-order chi connectivity index (χ1) is 15.2. The number of rotatable bonds is 6. The van der Waals surface area contributed by atoms with Crippen LogP contribution < -0.4 is 10.2 Å². The van der Waals surface area contributed by atoms with Gasteiger partial charge in [-0.25, -0.2) is 9.97 Å². The molecule has 160 valence electrons. The highest BCUT2D eigenvalue weighted by Gasteiger charge is 2.53. The maximum atomic E-state index is 13.9. The number of nitrogens with zero attached hydrogens (tertiary/aromatic N) is 6. The summed E-state index contributed by atoms with van der Waals surface area (Å²) in [7, 11) is 0. The first-order valence-electron chi connectivity index (χ1n) is 10.6. The number of likely N-dealkylation sites (tertiary alicyclic amines) is 1. The van der Waals surface area contributed by atoms with E-state index in [-0.39, 0.29) is 5.91 Å². The van der Waals surface area contributed by atoms with Crippen molar-refractivity contribution in [1.82, 2.24) is 25.2 Å². The highest BCUT2D eigenvalue weighted by Crippen LogP contribution is 2.43. The Bertz CT molecular complexity index is 1080. The third-order valence-electron chi connectivity index (χ3n) is 6.50. The molecule has 31 heavy (non-hydrogen) atoms. The summed E-state index contributed by atoms with van der Waals surface area (Å²) in [6.45, 7) is 3.25. The van der Waals surface area contributed by atoms with E-state index in [1.807, 2.05) is 12.3 Å². The molecule has 1 saturated carbocycles. The summed E-state index contributed by atoms with van der Waals surface area (Å²) in [6.07, 6.45) is 9.69. The number of hydrogen-bond acceptors (Lipinski definition) is 9. The minimum atomic E-state index is -0.743. The maximum Gasteiger partial charge on any atom is 0.241 e. The number of aromatic nitrogens is 4. The standard InChI is InChI=1S/C21H23N7O3/c29-19-21(4-5-27(13-21)11-16-3-6-30-26-16)18-15(10-28(19)17-9-24-31-12-17)8-23-20(25-18)22-7-14-1-2-14/h3,6,8-9,12,14H,1-2,4-5,7,10-11,13H2,(H,22,23,25). The van der Waals surface area contributed by atoms with Crippen molar-refractivity contribution in [3.05, 3.63) is 47.9 Å². The summed E-state index contributed by atoms with van der Waals surface area (Å²) in [5.74, 6) is 1.34. The molecule has 3 aliphatic rings. The number of hydrogen-bond donors (Lipinski definition) is 1. The first kappa shape index (κ1) is 18.5. The van der Waals surface area contributed by atoms with Gasteiger partial charge in [0.05, 0.1) is 24.1 Å². The molecule has 10 heteroatoms. The zero-order valence-corrected chi connectivity index (χ0v) is 17.0. The highest BCUT2D eigenvalue weighted by molar-refractivity contribution is 6.03. The molecule has 1 unspecified atom stereocenters. The molecule has 5 heterocycles. The molecule has 2 aliphatic heterocycles. The predicted octanol–water partition coefficient (Wildman–Crippen LogP) is 1.96. The quantitative estimate of drug-likeness (QED) is 0.638. The lowest BCUT2D eigenvalue weighted by atomic mass is 9.77. The number of carbonyl (C=O) groups excluding carboxylic acids is 1. The van der Waals surface area contributed by atoms with Crippen LogP contribution in [0.25, 0.3) is 0 Å². The van der Waals surface area contributed by atoms with E-state index in [2.05, 4.69) is 25.5 Å². The number of nitrogens with one attached hydrogen (secondary N) is 1. The molecule has 1 spiro atoms. The molecule has 3 aromatic rings. The summed E-state index contributed by atoms with van der Waals surface area (Å²) >= 11 is 0. The van der Waals surface area contributed by atoms with Gasteiger partial charge in [0.2, 0.25) is 11.9 Å². The van der Waals surface area contributed by atoms with Crippen LogP contribution in [0.2, 0.25) is 0 Å². The van der Waals surface area contributed by atoms with Crippen molar-refractivity contribution in [2.75, 3.05) is 29.9 Å². The fourth-order valence-electron chi connectivity index (χ4n) is 4.66. The van der Waals surface area contributed by atoms with E-state index in [4.69, 9.17) is 14.0 Å². The summed E-state index contributed by atoms with van der Waals surface area (Å²) in [5.41, 5.74) is 2.56. The second-order valence-corrected chi connectivity index (χ2v) is 8.70. The molecular weight excluding hydrogens is 398 g/mol. The molecule has 0 bridgehead atoms. The Balaban J connectivity index is 1.36. The SMILES string of the molecule is O=C1N(c2cnoc2)Cc2cnc(NCC3CC3)nc2C12CCN(Cc1ccon1)C2. The van der Waals surface area contributed by atoms with Gasteiger partial charge in [-0.15, -0.1) is 0 Å². The Labute approximate surface area is 178 Å². The van der Waals surface area contributed by atoms with Gasteiger partial charge in [-0.1, -0.05) is 10.3 Å². The highest BCUT2D eigenvalue weighted by atomic mass is 16.5. The Hall–Kier alpha value is -3.27. The summed E-state index contributed by atoms with van der Waals surface area (Å²) in [6, 6.07) is 1.85. The number of fused-ring (bicyclic) bond motifs is 2. The monoisotopic (exact) mass is 421 g/mol. The van der Waals surface area contributed by atoms with E-state index in [1.54, 1.807) is 17.4 Å². The van der Waals surface area contributed by atoms with Crippen molar-refractivity contribution < 1.29 is 13.8 Å². The van der Waals surface area contributed by atoms with Gasteiger partial charge in [-0.05, 0) is 25.2 Å². The fourth-order valence-corrected chi connectivity index (χ4v) is 4.66. The Morgan fingerprint density at radius 2 is 2.19 bits per heavy atom. The molecular formula is C21H23N7O3. The summed E-state index contributed by atoms with van der Waals surface area (Å²) < 4.78 is 9.99. The van der Waals surface area contributed by atoms with Crippen molar-refractivity contribution in [3.63, 3.8) is 0 Å². The second kappa shape index (κ2) is 7.16. The van der Waals surface area contributed by atoms with Gasteiger partial charge in [0.1, 0.15) is 23.6 Å². The molecule has 0 aromatic carbocycles. The molecule has 1 aliphatic carbocycles. The van der Waals surface area contributed by atoms with Gasteiger partial charge in [0, 0.05) is 44.0 Å². The normalized spacial score (nSPS) is 23.5. The average Bonchev–Trinajstić information content (AvgIpc) is 3.19. The molecule has 1 saturated heterocycles. The summed E-state index contributed by atoms with van der Waals surface area (Å²) in [5, 5.41) is 11.2. The van der Waals surface area contributed by atoms with Crippen LogP contribution in [-0.2, 0) is 23.3 Å². The molecule has 3 aromatic heterocycles. The van der Waals surface area contributed by atoms with Crippen LogP contribution in [-0.4, -0.2) is 50.7 Å². The third-order valence-corrected chi connectivity index (χ3v) is 6.50. The Kier molecular flexibility index (Phi) is 4.27. The molecule has 6 rings (SSSR count). The second-order valence-electron chi connectivity index (χ2n) is 8.70.